The van der Waals surface area contributed by atoms with Crippen molar-refractivity contribution in [3.8, 4) is 0 Å². The van der Waals surface area contributed by atoms with Crippen LogP contribution in [0.5, 0.6) is 0 Å². The lowest BCUT2D eigenvalue weighted by Crippen LogP contribution is -2.47. The van der Waals surface area contributed by atoms with Gasteiger partial charge >= 0.3 is 6.09 Å². The molecular weight excluding hydrogens is 494 g/mol. The predicted octanol–water partition coefficient (Wildman–Crippen LogP) is 4.61. The van der Waals surface area contributed by atoms with Crippen molar-refractivity contribution in [3.63, 3.8) is 0 Å². The second-order valence-electron chi connectivity index (χ2n) is 12.8. The topological polar surface area (TPSA) is 83.6 Å². The lowest BCUT2D eigenvalue weighted by Gasteiger charge is -2.38. The number of nitrogens with zero attached hydrogens (tertiary/aromatic N) is 2. The monoisotopic (exact) mass is 543 g/mol. The second-order valence-corrected chi connectivity index (χ2v) is 12.8. The van der Waals surface area contributed by atoms with Crippen molar-refractivity contribution in [2.45, 2.75) is 102 Å². The van der Waals surface area contributed by atoms with Gasteiger partial charge < -0.3 is 29.3 Å². The van der Waals surface area contributed by atoms with Crippen LogP contribution >= 0.6 is 0 Å². The van der Waals surface area contributed by atoms with Gasteiger partial charge in [0.25, 0.3) is 0 Å². The van der Waals surface area contributed by atoms with Gasteiger partial charge in [0.15, 0.2) is 0 Å². The molecular formula is C31H49N3O5. The van der Waals surface area contributed by atoms with E-state index in [2.05, 4.69) is 49.2 Å². The van der Waals surface area contributed by atoms with E-state index in [-0.39, 0.29) is 35.3 Å². The minimum atomic E-state index is -0.443. The van der Waals surface area contributed by atoms with Crippen molar-refractivity contribution in [1.82, 2.24) is 15.1 Å². The Bertz CT molecular complexity index is 932. The molecule has 3 aliphatic heterocycles. The molecule has 3 saturated heterocycles. The van der Waals surface area contributed by atoms with Crippen molar-refractivity contribution in [2.24, 2.45) is 5.92 Å². The maximum Gasteiger partial charge on any atom is 0.410 e. The molecule has 0 radical (unpaired) electrons. The van der Waals surface area contributed by atoms with E-state index in [1.54, 1.807) is 17.9 Å². The van der Waals surface area contributed by atoms with Crippen LogP contribution in [0.3, 0.4) is 0 Å². The lowest BCUT2D eigenvalue weighted by atomic mass is 9.83. The van der Waals surface area contributed by atoms with Gasteiger partial charge in [-0.15, -0.1) is 0 Å². The van der Waals surface area contributed by atoms with Crippen LogP contribution < -0.4 is 5.32 Å². The van der Waals surface area contributed by atoms with Crippen molar-refractivity contribution in [3.05, 3.63) is 36.0 Å². The molecule has 4 fully saturated rings. The van der Waals surface area contributed by atoms with Crippen molar-refractivity contribution in [1.29, 1.82) is 0 Å². The van der Waals surface area contributed by atoms with E-state index in [9.17, 15) is 9.59 Å². The zero-order valence-corrected chi connectivity index (χ0v) is 24.6. The summed E-state index contributed by atoms with van der Waals surface area (Å²) in [4.78, 5) is 28.6. The summed E-state index contributed by atoms with van der Waals surface area (Å²) in [5.41, 5.74) is 1.19. The van der Waals surface area contributed by atoms with Crippen molar-refractivity contribution >= 4 is 12.0 Å². The number of epoxide rings is 1. The Labute approximate surface area is 234 Å². The quantitative estimate of drug-likeness (QED) is 0.274. The Morgan fingerprint density at radius 3 is 2.46 bits per heavy atom. The minimum absolute atomic E-state index is 0.0495. The van der Waals surface area contributed by atoms with E-state index in [0.29, 0.717) is 19.0 Å². The Kier molecular flexibility index (Phi) is 9.94. The summed E-state index contributed by atoms with van der Waals surface area (Å²) >= 11 is 0. The molecule has 0 aromatic carbocycles. The third-order valence-electron chi connectivity index (χ3n) is 8.45. The molecule has 1 spiro atoms. The molecule has 8 nitrogen and oxygen atoms in total. The van der Waals surface area contributed by atoms with Crippen LogP contribution in [0.15, 0.2) is 36.0 Å². The standard InChI is InChI=1S/C31H49N3O5/c1-23(7-14-27-20-31(22-37-31)21-30(3,4)39-27)6-9-25-10-12-26(13-11-25)32-28(35)15-8-24(2)38-29(36)34-18-16-33(5)17-19-34/h6-8,14-15,24-27H,9-13,16-22H2,1-5H3,(H,32,35)/t24-,25?,26?,27+,31+/m0/s1. The zero-order chi connectivity index (χ0) is 28.0. The SMILES string of the molecule is CC(C=C[C@@H]1C[C@]2(CO2)CC(C)(C)O1)=CCC1CCC(NC(=O)C=C[C@H](C)OC(=O)N2CCN(C)CC2)CC1. The van der Waals surface area contributed by atoms with Crippen LogP contribution in [-0.4, -0.2) is 91.1 Å². The molecule has 0 unspecified atom stereocenters. The first-order valence-electron chi connectivity index (χ1n) is 14.8. The number of hydrogen-bond acceptors (Lipinski definition) is 6. The van der Waals surface area contributed by atoms with Gasteiger partial charge in [0.1, 0.15) is 6.10 Å². The van der Waals surface area contributed by atoms with E-state index >= 15 is 0 Å². The van der Waals surface area contributed by atoms with E-state index in [4.69, 9.17) is 14.2 Å². The number of hydrogen-bond donors (Lipinski definition) is 1. The van der Waals surface area contributed by atoms with Gasteiger partial charge in [0.05, 0.1) is 23.9 Å². The molecule has 39 heavy (non-hydrogen) atoms. The number of allylic oxidation sites excluding steroid dienone is 3. The molecule has 1 N–H and O–H groups in total. The number of rotatable bonds is 8. The summed E-state index contributed by atoms with van der Waals surface area (Å²) in [6.07, 6.45) is 16.5. The maximum absolute atomic E-state index is 12.4. The van der Waals surface area contributed by atoms with E-state index in [0.717, 1.165) is 64.6 Å². The summed E-state index contributed by atoms with van der Waals surface area (Å²) < 4.78 is 17.5. The van der Waals surface area contributed by atoms with E-state index in [1.165, 1.54) is 11.6 Å². The zero-order valence-electron chi connectivity index (χ0n) is 24.6. The van der Waals surface area contributed by atoms with Gasteiger partial charge in [0.2, 0.25) is 5.91 Å². The number of likely N-dealkylation sites (N-methyl/N-ethyl adjacent to an activating group) is 1. The van der Waals surface area contributed by atoms with E-state index in [1.807, 2.05) is 7.05 Å². The first kappa shape index (κ1) is 29.8. The molecule has 1 saturated carbocycles. The number of carbonyl (C=O) groups is 2. The summed E-state index contributed by atoms with van der Waals surface area (Å²) in [6.45, 7) is 12.2. The first-order valence-corrected chi connectivity index (χ1v) is 14.8. The molecule has 4 aliphatic rings. The minimum Gasteiger partial charge on any atom is -0.442 e. The van der Waals surface area contributed by atoms with Gasteiger partial charge in [-0.2, -0.15) is 0 Å². The Hall–Kier alpha value is -2.16. The van der Waals surface area contributed by atoms with Gasteiger partial charge in [0, 0.05) is 51.1 Å². The van der Waals surface area contributed by atoms with Gasteiger partial charge in [-0.25, -0.2) is 4.79 Å². The average Bonchev–Trinajstić information content (AvgIpc) is 3.62. The van der Waals surface area contributed by atoms with E-state index < -0.39 is 6.10 Å². The van der Waals surface area contributed by atoms with Gasteiger partial charge in [-0.1, -0.05) is 23.8 Å². The van der Waals surface area contributed by atoms with Gasteiger partial charge in [-0.3, -0.25) is 4.79 Å². The molecule has 2 amide bonds. The van der Waals surface area contributed by atoms with Crippen LogP contribution in [0.25, 0.3) is 0 Å². The normalized spacial score (nSPS) is 32.5. The number of piperazine rings is 1. The van der Waals surface area contributed by atoms with Crippen LogP contribution in [0, 0.1) is 5.92 Å². The Morgan fingerprint density at radius 1 is 1.10 bits per heavy atom. The summed E-state index contributed by atoms with van der Waals surface area (Å²) in [5, 5.41) is 3.12. The summed E-state index contributed by atoms with van der Waals surface area (Å²) in [6, 6.07) is 0.204. The molecule has 4 rings (SSSR count). The largest absolute Gasteiger partial charge is 0.442 e. The highest BCUT2D eigenvalue weighted by Gasteiger charge is 2.53. The highest BCUT2D eigenvalue weighted by atomic mass is 16.6. The molecule has 3 heterocycles. The Morgan fingerprint density at radius 2 is 1.79 bits per heavy atom. The molecule has 8 heteroatoms. The van der Waals surface area contributed by atoms with Crippen LogP contribution in [0.1, 0.15) is 72.6 Å². The molecule has 1 aliphatic carbocycles. The van der Waals surface area contributed by atoms with Crippen molar-refractivity contribution < 1.29 is 23.8 Å². The third-order valence-corrected chi connectivity index (χ3v) is 8.45. The smallest absolute Gasteiger partial charge is 0.410 e. The number of amides is 2. The molecule has 218 valence electrons. The third kappa shape index (κ3) is 9.47. The highest BCUT2D eigenvalue weighted by Crippen LogP contribution is 2.46. The lowest BCUT2D eigenvalue weighted by molar-refractivity contribution is -0.117. The molecule has 3 atom stereocenters. The van der Waals surface area contributed by atoms with Crippen LogP contribution in [-0.2, 0) is 19.0 Å². The highest BCUT2D eigenvalue weighted by molar-refractivity contribution is 5.87. The number of nitrogens with one attached hydrogen (secondary N) is 1. The van der Waals surface area contributed by atoms with Crippen LogP contribution in [0.2, 0.25) is 0 Å². The maximum atomic E-state index is 12.4. The fraction of sp³-hybridized carbons (Fsp3) is 0.742. The van der Waals surface area contributed by atoms with Crippen LogP contribution in [0.4, 0.5) is 4.79 Å². The first-order chi connectivity index (χ1) is 18.5. The second kappa shape index (κ2) is 13.0. The molecule has 0 bridgehead atoms. The fourth-order valence-corrected chi connectivity index (χ4v) is 6.09. The predicted molar refractivity (Wildman–Crippen MR) is 152 cm³/mol. The fourth-order valence-electron chi connectivity index (χ4n) is 6.09. The Balaban J connectivity index is 1.11. The molecule has 0 aromatic heterocycles. The number of ether oxygens (including phenoxy) is 3. The summed E-state index contributed by atoms with van der Waals surface area (Å²) in [7, 11) is 2.05. The average molecular weight is 544 g/mol. The van der Waals surface area contributed by atoms with Gasteiger partial charge in [-0.05, 0) is 78.8 Å². The molecule has 0 aromatic rings. The number of carbonyl (C=O) groups excluding carboxylic acids is 2. The van der Waals surface area contributed by atoms with Crippen molar-refractivity contribution in [2.75, 3.05) is 39.8 Å². The summed E-state index contributed by atoms with van der Waals surface area (Å²) in [5.74, 6) is 0.535.